The van der Waals surface area contributed by atoms with Crippen LogP contribution in [0.4, 0.5) is 5.69 Å². The highest BCUT2D eigenvalue weighted by Gasteiger charge is 2.19. The first-order valence-electron chi connectivity index (χ1n) is 8.91. The van der Waals surface area contributed by atoms with Gasteiger partial charge < -0.3 is 14.8 Å². The Morgan fingerprint density at radius 1 is 1.04 bits per heavy atom. The summed E-state index contributed by atoms with van der Waals surface area (Å²) in [4.78, 5) is 24.4. The van der Waals surface area contributed by atoms with Crippen molar-refractivity contribution < 1.29 is 19.1 Å². The molecule has 0 saturated heterocycles. The molecule has 1 N–H and O–H groups in total. The molecule has 3 rings (SSSR count). The van der Waals surface area contributed by atoms with E-state index in [1.165, 1.54) is 20.0 Å². The normalized spacial score (nSPS) is 14.0. The van der Waals surface area contributed by atoms with E-state index in [1.54, 1.807) is 42.5 Å². The van der Waals surface area contributed by atoms with Crippen molar-refractivity contribution in [2.24, 2.45) is 5.92 Å². The number of para-hydroxylation sites is 1. The highest BCUT2D eigenvalue weighted by molar-refractivity contribution is 6.06. The number of hydrogen-bond donors (Lipinski definition) is 1. The number of rotatable bonds is 6. The van der Waals surface area contributed by atoms with Gasteiger partial charge in [-0.05, 0) is 55.2 Å². The van der Waals surface area contributed by atoms with Crippen LogP contribution in [0.1, 0.15) is 42.5 Å². The van der Waals surface area contributed by atoms with Crippen molar-refractivity contribution >= 4 is 17.6 Å². The van der Waals surface area contributed by atoms with Gasteiger partial charge in [0.05, 0.1) is 12.7 Å². The minimum Gasteiger partial charge on any atom is -0.496 e. The second-order valence-corrected chi connectivity index (χ2v) is 6.51. The van der Waals surface area contributed by atoms with Crippen LogP contribution in [-0.2, 0) is 4.79 Å². The first-order valence-corrected chi connectivity index (χ1v) is 8.91. The summed E-state index contributed by atoms with van der Waals surface area (Å²) in [6, 6.07) is 13.8. The van der Waals surface area contributed by atoms with E-state index in [9.17, 15) is 9.59 Å². The third kappa shape index (κ3) is 4.63. The van der Waals surface area contributed by atoms with Crippen LogP contribution in [0, 0.1) is 5.92 Å². The van der Waals surface area contributed by atoms with Crippen molar-refractivity contribution in [1.82, 2.24) is 0 Å². The zero-order valence-electron chi connectivity index (χ0n) is 14.9. The van der Waals surface area contributed by atoms with Gasteiger partial charge in [-0.25, -0.2) is 0 Å². The van der Waals surface area contributed by atoms with Crippen molar-refractivity contribution in [3.8, 4) is 11.5 Å². The van der Waals surface area contributed by atoms with Gasteiger partial charge >= 0.3 is 5.97 Å². The maximum absolute atomic E-state index is 12.4. The topological polar surface area (TPSA) is 64.6 Å². The van der Waals surface area contributed by atoms with E-state index in [0.717, 1.165) is 12.8 Å². The number of esters is 1. The van der Waals surface area contributed by atoms with Crippen LogP contribution in [0.15, 0.2) is 48.5 Å². The molecule has 1 aliphatic carbocycles. The fourth-order valence-corrected chi connectivity index (χ4v) is 3.26. The predicted octanol–water partition coefficient (Wildman–Crippen LogP) is 4.43. The van der Waals surface area contributed by atoms with Crippen LogP contribution in [0.25, 0.3) is 0 Å². The molecule has 1 aliphatic rings. The number of carbonyl (C=O) groups is 2. The van der Waals surface area contributed by atoms with Gasteiger partial charge in [0.2, 0.25) is 0 Å². The number of amides is 1. The summed E-state index contributed by atoms with van der Waals surface area (Å²) in [6.45, 7) is 0. The van der Waals surface area contributed by atoms with Gasteiger partial charge in [-0.3, -0.25) is 9.59 Å². The zero-order valence-corrected chi connectivity index (χ0v) is 14.9. The van der Waals surface area contributed by atoms with Crippen LogP contribution in [-0.4, -0.2) is 19.0 Å². The van der Waals surface area contributed by atoms with E-state index in [1.807, 2.05) is 6.07 Å². The fourth-order valence-electron chi connectivity index (χ4n) is 3.26. The first-order chi connectivity index (χ1) is 12.7. The Balaban J connectivity index is 1.57. The highest BCUT2D eigenvalue weighted by atomic mass is 16.5. The Hall–Kier alpha value is -2.82. The Morgan fingerprint density at radius 3 is 2.42 bits per heavy atom. The Kier molecular flexibility index (Phi) is 5.89. The lowest BCUT2D eigenvalue weighted by Gasteiger charge is -2.11. The average molecular weight is 353 g/mol. The summed E-state index contributed by atoms with van der Waals surface area (Å²) in [7, 11) is 1.53. The molecule has 0 unspecified atom stereocenters. The maximum atomic E-state index is 12.4. The van der Waals surface area contributed by atoms with Crippen LogP contribution in [0.5, 0.6) is 11.5 Å². The van der Waals surface area contributed by atoms with Gasteiger partial charge in [0.15, 0.2) is 0 Å². The van der Waals surface area contributed by atoms with E-state index < -0.39 is 0 Å². The molecule has 0 aliphatic heterocycles. The predicted molar refractivity (Wildman–Crippen MR) is 99.6 cm³/mol. The molecular weight excluding hydrogens is 330 g/mol. The van der Waals surface area contributed by atoms with Crippen LogP contribution in [0.3, 0.4) is 0 Å². The van der Waals surface area contributed by atoms with Crippen LogP contribution < -0.4 is 14.8 Å². The molecule has 136 valence electrons. The van der Waals surface area contributed by atoms with Crippen LogP contribution >= 0.6 is 0 Å². The van der Waals surface area contributed by atoms with E-state index >= 15 is 0 Å². The van der Waals surface area contributed by atoms with Gasteiger partial charge in [0, 0.05) is 12.1 Å². The number of methoxy groups -OCH3 is 1. The summed E-state index contributed by atoms with van der Waals surface area (Å²) in [5.41, 5.74) is 1.08. The van der Waals surface area contributed by atoms with Gasteiger partial charge in [0.1, 0.15) is 11.5 Å². The standard InChI is InChI=1S/C21H23NO4/c1-25-19-9-5-4-8-18(19)21(24)22-16-10-12-17(13-11-16)26-20(23)14-15-6-2-3-7-15/h4-5,8-13,15H,2-3,6-7,14H2,1H3,(H,22,24). The SMILES string of the molecule is COc1ccccc1C(=O)Nc1ccc(OC(=O)CC2CCCC2)cc1. The number of hydrogen-bond acceptors (Lipinski definition) is 4. The zero-order chi connectivity index (χ0) is 18.4. The maximum Gasteiger partial charge on any atom is 0.311 e. The Morgan fingerprint density at radius 2 is 1.73 bits per heavy atom. The molecule has 2 aromatic rings. The smallest absolute Gasteiger partial charge is 0.311 e. The molecule has 1 amide bonds. The van der Waals surface area contributed by atoms with Gasteiger partial charge in [-0.15, -0.1) is 0 Å². The highest BCUT2D eigenvalue weighted by Crippen LogP contribution is 2.28. The van der Waals surface area contributed by atoms with E-state index in [-0.39, 0.29) is 11.9 Å². The summed E-state index contributed by atoms with van der Waals surface area (Å²) < 4.78 is 10.6. The summed E-state index contributed by atoms with van der Waals surface area (Å²) in [5.74, 6) is 1.02. The molecule has 2 aromatic carbocycles. The molecule has 5 nitrogen and oxygen atoms in total. The van der Waals surface area contributed by atoms with E-state index in [0.29, 0.717) is 35.1 Å². The molecule has 0 radical (unpaired) electrons. The number of carbonyl (C=O) groups excluding carboxylic acids is 2. The summed E-state index contributed by atoms with van der Waals surface area (Å²) >= 11 is 0. The average Bonchev–Trinajstić information content (AvgIpc) is 3.16. The molecule has 1 saturated carbocycles. The third-order valence-corrected chi connectivity index (χ3v) is 4.63. The van der Waals surface area contributed by atoms with Crippen LogP contribution in [0.2, 0.25) is 0 Å². The van der Waals surface area contributed by atoms with Crippen molar-refractivity contribution in [2.45, 2.75) is 32.1 Å². The monoisotopic (exact) mass is 353 g/mol. The second kappa shape index (κ2) is 8.52. The molecule has 1 fully saturated rings. The molecule has 0 bridgehead atoms. The van der Waals surface area contributed by atoms with Crippen molar-refractivity contribution in [1.29, 1.82) is 0 Å². The molecule has 26 heavy (non-hydrogen) atoms. The molecule has 0 atom stereocenters. The Bertz CT molecular complexity index is 764. The van der Waals surface area contributed by atoms with E-state index in [4.69, 9.17) is 9.47 Å². The fraction of sp³-hybridized carbons (Fsp3) is 0.333. The minimum absolute atomic E-state index is 0.192. The number of ether oxygens (including phenoxy) is 2. The lowest BCUT2D eigenvalue weighted by molar-refractivity contribution is -0.135. The van der Waals surface area contributed by atoms with Crippen molar-refractivity contribution in [3.63, 3.8) is 0 Å². The third-order valence-electron chi connectivity index (χ3n) is 4.63. The minimum atomic E-state index is -0.256. The lowest BCUT2D eigenvalue weighted by atomic mass is 10.0. The van der Waals surface area contributed by atoms with E-state index in [2.05, 4.69) is 5.32 Å². The lowest BCUT2D eigenvalue weighted by Crippen LogP contribution is -2.14. The van der Waals surface area contributed by atoms with Gasteiger partial charge in [0.25, 0.3) is 5.91 Å². The number of benzene rings is 2. The molecule has 0 aromatic heterocycles. The number of anilines is 1. The molecule has 0 heterocycles. The van der Waals surface area contributed by atoms with Crippen molar-refractivity contribution in [2.75, 3.05) is 12.4 Å². The van der Waals surface area contributed by atoms with Gasteiger partial charge in [-0.1, -0.05) is 25.0 Å². The molecule has 0 spiro atoms. The Labute approximate surface area is 153 Å². The number of nitrogens with one attached hydrogen (secondary N) is 1. The largest absolute Gasteiger partial charge is 0.496 e. The second-order valence-electron chi connectivity index (χ2n) is 6.51. The molecule has 5 heteroatoms. The summed E-state index contributed by atoms with van der Waals surface area (Å²) in [6.07, 6.45) is 5.12. The summed E-state index contributed by atoms with van der Waals surface area (Å²) in [5, 5.41) is 2.81. The first kappa shape index (κ1) is 18.0. The quantitative estimate of drug-likeness (QED) is 0.616. The van der Waals surface area contributed by atoms with Gasteiger partial charge in [-0.2, -0.15) is 0 Å². The molecular formula is C21H23NO4. The van der Waals surface area contributed by atoms with Crippen molar-refractivity contribution in [3.05, 3.63) is 54.1 Å².